The second-order valence-corrected chi connectivity index (χ2v) is 5.89. The van der Waals surface area contributed by atoms with Gasteiger partial charge in [-0.1, -0.05) is 0 Å². The summed E-state index contributed by atoms with van der Waals surface area (Å²) < 4.78 is 4.93. The average Bonchev–Trinajstić information content (AvgIpc) is 2.65. The first-order valence-corrected chi connectivity index (χ1v) is 8.51. The predicted molar refractivity (Wildman–Crippen MR) is 92.5 cm³/mol. The molecule has 1 fully saturated rings. The molecular formula is C17H26N4O4. The Hall–Kier alpha value is -2.03. The molecule has 1 aliphatic rings. The van der Waals surface area contributed by atoms with Crippen LogP contribution in [0.25, 0.3) is 0 Å². The number of aliphatic hydroxyl groups excluding tert-OH is 1. The summed E-state index contributed by atoms with van der Waals surface area (Å²) in [6, 6.07) is 3.21. The van der Waals surface area contributed by atoms with Gasteiger partial charge in [-0.05, 0) is 18.6 Å². The van der Waals surface area contributed by atoms with Crippen molar-refractivity contribution in [3.63, 3.8) is 0 Å². The lowest BCUT2D eigenvalue weighted by molar-refractivity contribution is 0.0609. The second-order valence-electron chi connectivity index (χ2n) is 5.89. The first-order chi connectivity index (χ1) is 12.2. The van der Waals surface area contributed by atoms with Crippen molar-refractivity contribution >= 4 is 11.8 Å². The molecule has 25 heavy (non-hydrogen) atoms. The Morgan fingerprint density at radius 1 is 1.28 bits per heavy atom. The largest absolute Gasteiger partial charge is 0.395 e. The van der Waals surface area contributed by atoms with E-state index in [1.807, 2.05) is 0 Å². The van der Waals surface area contributed by atoms with E-state index in [0.717, 1.165) is 19.5 Å². The van der Waals surface area contributed by atoms with Gasteiger partial charge in [0.25, 0.3) is 11.8 Å². The van der Waals surface area contributed by atoms with Gasteiger partial charge in [-0.15, -0.1) is 0 Å². The number of hydrogen-bond donors (Lipinski definition) is 2. The lowest BCUT2D eigenvalue weighted by Gasteiger charge is -2.34. The molecule has 0 bridgehead atoms. The maximum Gasteiger partial charge on any atom is 0.272 e. The Bertz CT molecular complexity index is 556. The monoisotopic (exact) mass is 350 g/mol. The van der Waals surface area contributed by atoms with Crippen LogP contribution in [0, 0.1) is 0 Å². The molecule has 1 aromatic heterocycles. The standard InChI is InChI=1S/C17H26N4O4/c1-25-12-2-5-18-16(23)14-3-4-15(19-13-14)17(24)21-8-6-20(7-9-21)10-11-22/h3-4,13,22H,2,5-12H2,1H3,(H,18,23). The smallest absolute Gasteiger partial charge is 0.272 e. The molecule has 0 aliphatic carbocycles. The third-order valence-corrected chi connectivity index (χ3v) is 4.13. The third-order valence-electron chi connectivity index (χ3n) is 4.13. The van der Waals surface area contributed by atoms with Crippen LogP contribution >= 0.6 is 0 Å². The molecule has 0 atom stereocenters. The van der Waals surface area contributed by atoms with Crippen LogP contribution in [0.3, 0.4) is 0 Å². The molecule has 0 aromatic carbocycles. The van der Waals surface area contributed by atoms with Crippen LogP contribution in [-0.2, 0) is 4.74 Å². The zero-order valence-corrected chi connectivity index (χ0v) is 14.6. The maximum atomic E-state index is 12.5. The van der Waals surface area contributed by atoms with Crippen LogP contribution in [0.15, 0.2) is 18.3 Å². The molecule has 8 nitrogen and oxygen atoms in total. The number of ether oxygens (including phenoxy) is 1. The highest BCUT2D eigenvalue weighted by atomic mass is 16.5. The number of pyridine rings is 1. The van der Waals surface area contributed by atoms with Crippen molar-refractivity contribution in [3.05, 3.63) is 29.6 Å². The van der Waals surface area contributed by atoms with Gasteiger partial charge in [0.2, 0.25) is 0 Å². The molecule has 8 heteroatoms. The van der Waals surface area contributed by atoms with E-state index in [1.54, 1.807) is 24.1 Å². The van der Waals surface area contributed by atoms with Crippen molar-refractivity contribution in [2.45, 2.75) is 6.42 Å². The van der Waals surface area contributed by atoms with Crippen molar-refractivity contribution in [2.24, 2.45) is 0 Å². The van der Waals surface area contributed by atoms with Gasteiger partial charge in [-0.3, -0.25) is 19.5 Å². The fourth-order valence-corrected chi connectivity index (χ4v) is 2.65. The van der Waals surface area contributed by atoms with Crippen LogP contribution < -0.4 is 5.32 Å². The molecule has 1 aliphatic heterocycles. The molecule has 2 rings (SSSR count). The summed E-state index contributed by atoms with van der Waals surface area (Å²) in [4.78, 5) is 32.5. The number of nitrogens with one attached hydrogen (secondary N) is 1. The average molecular weight is 350 g/mol. The van der Waals surface area contributed by atoms with Crippen LogP contribution in [0.4, 0.5) is 0 Å². The van der Waals surface area contributed by atoms with Crippen molar-refractivity contribution < 1.29 is 19.4 Å². The number of β-amino-alcohol motifs (C(OH)–C–C–N with tert-alkyl or cyclic N) is 1. The van der Waals surface area contributed by atoms with Crippen molar-refractivity contribution in [3.8, 4) is 0 Å². The Kier molecular flexibility index (Phi) is 7.77. The van der Waals surface area contributed by atoms with Crippen molar-refractivity contribution in [1.29, 1.82) is 0 Å². The number of rotatable bonds is 8. The highest BCUT2D eigenvalue weighted by Crippen LogP contribution is 2.08. The number of aromatic nitrogens is 1. The Labute approximate surface area is 147 Å². The molecule has 2 amide bonds. The lowest BCUT2D eigenvalue weighted by Crippen LogP contribution is -2.49. The van der Waals surface area contributed by atoms with Crippen molar-refractivity contribution in [1.82, 2.24) is 20.1 Å². The fraction of sp³-hybridized carbons (Fsp3) is 0.588. The molecule has 2 N–H and O–H groups in total. The Balaban J connectivity index is 1.85. The molecule has 0 spiro atoms. The number of hydrogen-bond acceptors (Lipinski definition) is 6. The fourth-order valence-electron chi connectivity index (χ4n) is 2.65. The molecule has 138 valence electrons. The van der Waals surface area contributed by atoms with Gasteiger partial charge in [0.15, 0.2) is 0 Å². The number of aliphatic hydroxyl groups is 1. The topological polar surface area (TPSA) is 95.0 Å². The van der Waals surface area contributed by atoms with Gasteiger partial charge >= 0.3 is 0 Å². The van der Waals surface area contributed by atoms with E-state index in [2.05, 4.69) is 15.2 Å². The number of nitrogens with zero attached hydrogens (tertiary/aromatic N) is 3. The summed E-state index contributed by atoms with van der Waals surface area (Å²) in [7, 11) is 1.62. The molecular weight excluding hydrogens is 324 g/mol. The molecule has 2 heterocycles. The summed E-state index contributed by atoms with van der Waals surface area (Å²) in [5, 5.41) is 11.7. The molecule has 1 aromatic rings. The van der Waals surface area contributed by atoms with Crippen LogP contribution in [0.5, 0.6) is 0 Å². The zero-order chi connectivity index (χ0) is 18.1. The summed E-state index contributed by atoms with van der Waals surface area (Å²) in [5.41, 5.74) is 0.772. The zero-order valence-electron chi connectivity index (χ0n) is 14.6. The van der Waals surface area contributed by atoms with Crippen LogP contribution in [0.2, 0.25) is 0 Å². The molecule has 0 unspecified atom stereocenters. The van der Waals surface area contributed by atoms with E-state index in [-0.39, 0.29) is 18.4 Å². The van der Waals surface area contributed by atoms with Gasteiger partial charge < -0.3 is 20.1 Å². The SMILES string of the molecule is COCCCNC(=O)c1ccc(C(=O)N2CCN(CCO)CC2)nc1. The number of carbonyl (C=O) groups excluding carboxylic acids is 2. The van der Waals surface area contributed by atoms with E-state index in [9.17, 15) is 9.59 Å². The summed E-state index contributed by atoms with van der Waals surface area (Å²) in [5.74, 6) is -0.337. The van der Waals surface area contributed by atoms with Gasteiger partial charge in [0.05, 0.1) is 12.2 Å². The van der Waals surface area contributed by atoms with E-state index in [0.29, 0.717) is 44.0 Å². The molecule has 0 saturated carbocycles. The number of carbonyl (C=O) groups is 2. The van der Waals surface area contributed by atoms with E-state index >= 15 is 0 Å². The molecule has 0 radical (unpaired) electrons. The van der Waals surface area contributed by atoms with E-state index in [1.165, 1.54) is 6.20 Å². The maximum absolute atomic E-state index is 12.5. The van der Waals surface area contributed by atoms with Crippen molar-refractivity contribution in [2.75, 3.05) is 59.6 Å². The lowest BCUT2D eigenvalue weighted by atomic mass is 10.2. The van der Waals surface area contributed by atoms with Gasteiger partial charge in [0.1, 0.15) is 5.69 Å². The Morgan fingerprint density at radius 3 is 2.64 bits per heavy atom. The number of amides is 2. The first kappa shape index (κ1) is 19.3. The predicted octanol–water partition coefficient (Wildman–Crippen LogP) is -0.402. The quantitative estimate of drug-likeness (QED) is 0.620. The normalized spacial score (nSPS) is 15.2. The minimum absolute atomic E-state index is 0.129. The van der Waals surface area contributed by atoms with Gasteiger partial charge in [-0.2, -0.15) is 0 Å². The first-order valence-electron chi connectivity index (χ1n) is 8.51. The van der Waals surface area contributed by atoms with Gasteiger partial charge in [0, 0.05) is 59.2 Å². The third kappa shape index (κ3) is 5.77. The molecule has 1 saturated heterocycles. The van der Waals surface area contributed by atoms with E-state index in [4.69, 9.17) is 9.84 Å². The highest BCUT2D eigenvalue weighted by Gasteiger charge is 2.22. The van der Waals surface area contributed by atoms with Crippen LogP contribution in [-0.4, -0.2) is 91.3 Å². The summed E-state index contributed by atoms with van der Waals surface area (Å²) >= 11 is 0. The summed E-state index contributed by atoms with van der Waals surface area (Å²) in [6.45, 7) is 4.61. The Morgan fingerprint density at radius 2 is 2.04 bits per heavy atom. The summed E-state index contributed by atoms with van der Waals surface area (Å²) in [6.07, 6.45) is 2.18. The number of methoxy groups -OCH3 is 1. The second kappa shape index (κ2) is 10.1. The van der Waals surface area contributed by atoms with E-state index < -0.39 is 0 Å². The minimum atomic E-state index is -0.208. The number of piperazine rings is 1. The highest BCUT2D eigenvalue weighted by molar-refractivity contribution is 5.96. The van der Waals surface area contributed by atoms with Gasteiger partial charge in [-0.25, -0.2) is 0 Å². The van der Waals surface area contributed by atoms with Crippen LogP contribution in [0.1, 0.15) is 27.3 Å². The minimum Gasteiger partial charge on any atom is -0.395 e.